The average molecular weight is 342 g/mol. The molecule has 0 N–H and O–H groups in total. The number of benzene rings is 2. The number of carbonyl (C=O) groups excluding carboxylic acids is 1. The highest BCUT2D eigenvalue weighted by Crippen LogP contribution is 2.50. The van der Waals surface area contributed by atoms with Crippen molar-refractivity contribution >= 4 is 19.7 Å². The van der Waals surface area contributed by atoms with Crippen LogP contribution in [0.25, 0.3) is 0 Å². The number of hydrogen-bond donors (Lipinski definition) is 0. The van der Waals surface area contributed by atoms with E-state index in [9.17, 15) is 4.79 Å². The second kappa shape index (κ2) is 7.94. The van der Waals surface area contributed by atoms with Gasteiger partial charge >= 0.3 is 0 Å². The summed E-state index contributed by atoms with van der Waals surface area (Å²) in [6, 6.07) is 14.5. The van der Waals surface area contributed by atoms with Gasteiger partial charge in [0.05, 0.1) is 7.11 Å². The first-order valence-electron chi connectivity index (χ1n) is 8.50. The average Bonchev–Trinajstić information content (AvgIpc) is 2.61. The lowest BCUT2D eigenvalue weighted by Gasteiger charge is -2.34. The molecule has 2 aromatic rings. The smallest absolute Gasteiger partial charge is 0.160 e. The van der Waals surface area contributed by atoms with Crippen LogP contribution in [-0.4, -0.2) is 12.9 Å². The van der Waals surface area contributed by atoms with Crippen LogP contribution in [-0.2, 0) is 5.16 Å². The van der Waals surface area contributed by atoms with E-state index in [1.807, 2.05) is 25.1 Å². The highest BCUT2D eigenvalue weighted by molar-refractivity contribution is 7.48. The molecule has 0 saturated heterocycles. The van der Waals surface area contributed by atoms with Gasteiger partial charge in [-0.15, -0.1) is 0 Å². The minimum Gasteiger partial charge on any atom is -0.496 e. The monoisotopic (exact) mass is 342 g/mol. The molecule has 0 radical (unpaired) electrons. The molecule has 2 rings (SSSR count). The standard InChI is InChI=1S/C21H27O2P/c1-6-21(7-2,18-10-8-9-11-19(18)23-5)24-20-13-12-15(3)14-17(20)16(4)22/h8-14,24H,6-7H2,1-5H3. The number of aryl methyl sites for hydroxylation is 1. The maximum absolute atomic E-state index is 12.1. The van der Waals surface area contributed by atoms with Crippen molar-refractivity contribution in [2.45, 2.75) is 45.7 Å². The van der Waals surface area contributed by atoms with E-state index in [-0.39, 0.29) is 10.9 Å². The molecule has 0 aliphatic heterocycles. The summed E-state index contributed by atoms with van der Waals surface area (Å²) >= 11 is 0. The number of ether oxygens (including phenoxy) is 1. The molecule has 0 heterocycles. The third-order valence-electron chi connectivity index (χ3n) is 4.76. The topological polar surface area (TPSA) is 26.3 Å². The summed E-state index contributed by atoms with van der Waals surface area (Å²) < 4.78 is 5.63. The Labute approximate surface area is 147 Å². The van der Waals surface area contributed by atoms with E-state index >= 15 is 0 Å². The molecule has 3 heteroatoms. The Morgan fingerprint density at radius 2 is 1.79 bits per heavy atom. The number of hydrogen-bond acceptors (Lipinski definition) is 2. The molecule has 0 amide bonds. The van der Waals surface area contributed by atoms with E-state index in [0.717, 1.165) is 35.0 Å². The van der Waals surface area contributed by atoms with Crippen molar-refractivity contribution in [2.75, 3.05) is 7.11 Å². The number of carbonyl (C=O) groups is 1. The van der Waals surface area contributed by atoms with Gasteiger partial charge in [0, 0.05) is 16.3 Å². The van der Waals surface area contributed by atoms with Gasteiger partial charge in [0.1, 0.15) is 5.75 Å². The lowest BCUT2D eigenvalue weighted by Crippen LogP contribution is -2.24. The van der Waals surface area contributed by atoms with E-state index in [1.165, 1.54) is 5.56 Å². The van der Waals surface area contributed by atoms with Crippen LogP contribution >= 0.6 is 8.58 Å². The van der Waals surface area contributed by atoms with E-state index in [1.54, 1.807) is 14.0 Å². The van der Waals surface area contributed by atoms with E-state index in [4.69, 9.17) is 4.74 Å². The van der Waals surface area contributed by atoms with Crippen molar-refractivity contribution in [3.05, 3.63) is 59.2 Å². The van der Waals surface area contributed by atoms with Crippen LogP contribution in [0.3, 0.4) is 0 Å². The molecule has 0 aliphatic carbocycles. The molecule has 2 nitrogen and oxygen atoms in total. The number of Topliss-reactive ketones (excluding diaryl/α,β-unsaturated/α-hetero) is 1. The zero-order valence-corrected chi connectivity index (χ0v) is 16.3. The lowest BCUT2D eigenvalue weighted by molar-refractivity contribution is 0.101. The minimum atomic E-state index is -0.00788. The van der Waals surface area contributed by atoms with Crippen molar-refractivity contribution in [2.24, 2.45) is 0 Å². The van der Waals surface area contributed by atoms with Gasteiger partial charge in [-0.25, -0.2) is 0 Å². The Kier molecular flexibility index (Phi) is 6.18. The molecule has 1 unspecified atom stereocenters. The van der Waals surface area contributed by atoms with Gasteiger partial charge < -0.3 is 4.74 Å². The third kappa shape index (κ3) is 3.70. The Bertz CT molecular complexity index is 718. The Morgan fingerprint density at radius 3 is 2.38 bits per heavy atom. The summed E-state index contributed by atoms with van der Waals surface area (Å²) in [5.41, 5.74) is 3.23. The Balaban J connectivity index is 2.55. The maximum Gasteiger partial charge on any atom is 0.160 e. The lowest BCUT2D eigenvalue weighted by atomic mass is 9.92. The van der Waals surface area contributed by atoms with Crippen molar-refractivity contribution in [1.82, 2.24) is 0 Å². The first-order valence-corrected chi connectivity index (χ1v) is 9.50. The zero-order valence-electron chi connectivity index (χ0n) is 15.3. The molecular weight excluding hydrogens is 315 g/mol. The molecule has 1 atom stereocenters. The zero-order chi connectivity index (χ0) is 17.7. The normalized spacial score (nSPS) is 11.9. The van der Waals surface area contributed by atoms with E-state index < -0.39 is 0 Å². The summed E-state index contributed by atoms with van der Waals surface area (Å²) in [7, 11) is 2.26. The van der Waals surface area contributed by atoms with Gasteiger partial charge in [0.2, 0.25) is 0 Å². The summed E-state index contributed by atoms with van der Waals surface area (Å²) in [5, 5.41) is 1.15. The predicted octanol–water partition coefficient (Wildman–Crippen LogP) is 5.23. The number of ketones is 1. The van der Waals surface area contributed by atoms with Crippen LogP contribution in [0.4, 0.5) is 0 Å². The molecule has 0 fully saturated rings. The summed E-state index contributed by atoms with van der Waals surface area (Å²) in [6.45, 7) is 8.15. The van der Waals surface area contributed by atoms with Gasteiger partial charge in [-0.1, -0.05) is 58.3 Å². The number of rotatable bonds is 7. The van der Waals surface area contributed by atoms with Crippen LogP contribution in [0.2, 0.25) is 0 Å². The van der Waals surface area contributed by atoms with E-state index in [0.29, 0.717) is 8.58 Å². The molecule has 128 valence electrons. The van der Waals surface area contributed by atoms with Gasteiger partial charge in [0.15, 0.2) is 5.78 Å². The summed E-state index contributed by atoms with van der Waals surface area (Å²) in [5.74, 6) is 1.08. The molecule has 0 spiro atoms. The Morgan fingerprint density at radius 1 is 1.12 bits per heavy atom. The molecule has 0 saturated carbocycles. The van der Waals surface area contributed by atoms with Crippen LogP contribution < -0.4 is 10.0 Å². The van der Waals surface area contributed by atoms with Gasteiger partial charge in [-0.3, -0.25) is 4.79 Å². The van der Waals surface area contributed by atoms with Crippen molar-refractivity contribution < 1.29 is 9.53 Å². The Hall–Kier alpha value is -1.66. The minimum absolute atomic E-state index is 0.00788. The van der Waals surface area contributed by atoms with Crippen LogP contribution in [0.1, 0.15) is 55.1 Å². The fourth-order valence-electron chi connectivity index (χ4n) is 3.23. The molecular formula is C21H27O2P. The summed E-state index contributed by atoms with van der Waals surface area (Å²) in [4.78, 5) is 12.1. The van der Waals surface area contributed by atoms with Crippen LogP contribution in [0.15, 0.2) is 42.5 Å². The quantitative estimate of drug-likeness (QED) is 0.509. The first kappa shape index (κ1) is 18.7. The van der Waals surface area contributed by atoms with E-state index in [2.05, 4.69) is 38.1 Å². The first-order chi connectivity index (χ1) is 11.5. The largest absolute Gasteiger partial charge is 0.496 e. The fraction of sp³-hybridized carbons (Fsp3) is 0.381. The highest BCUT2D eigenvalue weighted by atomic mass is 31.1. The molecule has 0 aromatic heterocycles. The van der Waals surface area contributed by atoms with Gasteiger partial charge in [-0.05, 0) is 44.1 Å². The second-order valence-electron chi connectivity index (χ2n) is 6.22. The van der Waals surface area contributed by atoms with Crippen LogP contribution in [0.5, 0.6) is 5.75 Å². The van der Waals surface area contributed by atoms with Gasteiger partial charge in [-0.2, -0.15) is 0 Å². The fourth-order valence-corrected chi connectivity index (χ4v) is 4.99. The molecule has 2 aromatic carbocycles. The van der Waals surface area contributed by atoms with Gasteiger partial charge in [0.25, 0.3) is 0 Å². The number of methoxy groups -OCH3 is 1. The van der Waals surface area contributed by atoms with Crippen molar-refractivity contribution in [3.63, 3.8) is 0 Å². The van der Waals surface area contributed by atoms with Crippen molar-refractivity contribution in [3.8, 4) is 5.75 Å². The molecule has 24 heavy (non-hydrogen) atoms. The molecule has 0 aliphatic rings. The molecule has 0 bridgehead atoms. The highest BCUT2D eigenvalue weighted by Gasteiger charge is 2.32. The SMILES string of the molecule is CCC(CC)(Pc1ccc(C)cc1C(C)=O)c1ccccc1OC. The third-order valence-corrected chi connectivity index (χ3v) is 6.92. The summed E-state index contributed by atoms with van der Waals surface area (Å²) in [6.07, 6.45) is 2.01. The van der Waals surface area contributed by atoms with Crippen LogP contribution in [0, 0.1) is 6.92 Å². The second-order valence-corrected chi connectivity index (χ2v) is 7.97. The number of para-hydroxylation sites is 1. The van der Waals surface area contributed by atoms with Crippen molar-refractivity contribution in [1.29, 1.82) is 0 Å². The predicted molar refractivity (Wildman–Crippen MR) is 104 cm³/mol. The maximum atomic E-state index is 12.1.